The minimum atomic E-state index is -4.58. The van der Waals surface area contributed by atoms with Crippen LogP contribution in [0, 0.1) is 0 Å². The van der Waals surface area contributed by atoms with E-state index in [1.807, 2.05) is 60.7 Å². The Balaban J connectivity index is 1.52. The number of amides is 1. The van der Waals surface area contributed by atoms with Crippen molar-refractivity contribution < 1.29 is 18.0 Å². The first-order valence-corrected chi connectivity index (χ1v) is 12.2. The quantitative estimate of drug-likeness (QED) is 0.294. The Morgan fingerprint density at radius 2 is 1.43 bits per heavy atom. The molecule has 4 aromatic rings. The van der Waals surface area contributed by atoms with Gasteiger partial charge in [0.1, 0.15) is 10.8 Å². The molecule has 0 unspecified atom stereocenters. The van der Waals surface area contributed by atoms with Crippen LogP contribution < -0.4 is 5.32 Å². The third-order valence-electron chi connectivity index (χ3n) is 6.42. The van der Waals surface area contributed by atoms with E-state index >= 15 is 0 Å². The zero-order valence-electron chi connectivity index (χ0n) is 19.7. The van der Waals surface area contributed by atoms with Gasteiger partial charge in [0.25, 0.3) is 5.91 Å². The molecule has 2 atom stereocenters. The Kier molecular flexibility index (Phi) is 6.93. The van der Waals surface area contributed by atoms with Gasteiger partial charge in [-0.3, -0.25) is 4.79 Å². The lowest BCUT2D eigenvalue weighted by Gasteiger charge is -2.33. The van der Waals surface area contributed by atoms with Crippen LogP contribution in [0.25, 0.3) is 0 Å². The zero-order valence-corrected chi connectivity index (χ0v) is 20.5. The molecular formula is C28H24ClF3N4O. The van der Waals surface area contributed by atoms with Crippen LogP contribution >= 0.6 is 11.6 Å². The largest absolute Gasteiger partial charge is 0.410 e. The van der Waals surface area contributed by atoms with E-state index < -0.39 is 24.2 Å². The summed E-state index contributed by atoms with van der Waals surface area (Å²) in [7, 11) is 0. The van der Waals surface area contributed by atoms with Crippen molar-refractivity contribution in [2.75, 3.05) is 5.32 Å². The number of fused-ring (bicyclic) bond motifs is 1. The number of halogens is 4. The first kappa shape index (κ1) is 24.9. The lowest BCUT2D eigenvalue weighted by atomic mass is 9.97. The molecule has 37 heavy (non-hydrogen) atoms. The first-order valence-electron chi connectivity index (χ1n) is 11.8. The van der Waals surface area contributed by atoms with Crippen LogP contribution in [0.2, 0.25) is 5.02 Å². The van der Waals surface area contributed by atoms with Crippen LogP contribution in [0.1, 0.15) is 45.7 Å². The second-order valence-electron chi connectivity index (χ2n) is 8.99. The smallest absolute Gasteiger partial charge is 0.362 e. The van der Waals surface area contributed by atoms with Crippen molar-refractivity contribution in [1.82, 2.24) is 14.7 Å². The van der Waals surface area contributed by atoms with E-state index in [0.29, 0.717) is 5.56 Å². The zero-order chi connectivity index (χ0) is 26.0. The van der Waals surface area contributed by atoms with Crippen molar-refractivity contribution in [2.24, 2.45) is 0 Å². The highest BCUT2D eigenvalue weighted by atomic mass is 35.5. The number of rotatable bonds is 6. The average Bonchev–Trinajstić information content (AvgIpc) is 3.24. The highest BCUT2D eigenvalue weighted by Crippen LogP contribution is 2.46. The second-order valence-corrected chi connectivity index (χ2v) is 9.37. The van der Waals surface area contributed by atoms with Crippen LogP contribution in [0.4, 0.5) is 19.0 Å². The van der Waals surface area contributed by atoms with Gasteiger partial charge in [0, 0.05) is 19.5 Å². The normalized spacial score (nSPS) is 17.1. The number of alkyl halides is 3. The molecule has 0 bridgehead atoms. The molecule has 1 aromatic heterocycles. The third-order valence-corrected chi connectivity index (χ3v) is 6.78. The number of benzene rings is 3. The van der Waals surface area contributed by atoms with Gasteiger partial charge in [0.05, 0.1) is 6.04 Å². The molecule has 0 radical (unpaired) electrons. The number of hydrogen-bond acceptors (Lipinski definition) is 3. The summed E-state index contributed by atoms with van der Waals surface area (Å²) in [4.78, 5) is 15.3. The van der Waals surface area contributed by atoms with Gasteiger partial charge in [0.15, 0.2) is 11.7 Å². The van der Waals surface area contributed by atoms with E-state index in [1.165, 1.54) is 0 Å². The average molecular weight is 525 g/mol. The van der Waals surface area contributed by atoms with E-state index in [-0.39, 0.29) is 36.0 Å². The first-order chi connectivity index (χ1) is 17.8. The minimum Gasteiger partial charge on any atom is -0.362 e. The molecule has 0 fully saturated rings. The predicted octanol–water partition coefficient (Wildman–Crippen LogP) is 7.04. The van der Waals surface area contributed by atoms with E-state index in [2.05, 4.69) is 10.4 Å². The fraction of sp³-hybridized carbons (Fsp3) is 0.214. The van der Waals surface area contributed by atoms with Crippen molar-refractivity contribution >= 4 is 23.3 Å². The molecular weight excluding hydrogens is 501 g/mol. The van der Waals surface area contributed by atoms with Crippen molar-refractivity contribution in [3.63, 3.8) is 0 Å². The maximum absolute atomic E-state index is 14.2. The Morgan fingerprint density at radius 3 is 1.95 bits per heavy atom. The molecule has 0 spiro atoms. The summed E-state index contributed by atoms with van der Waals surface area (Å²) in [5.74, 6) is -0.551. The molecule has 0 saturated heterocycles. The Bertz CT molecular complexity index is 1320. The number of nitrogens with zero attached hydrogens (tertiary/aromatic N) is 3. The van der Waals surface area contributed by atoms with E-state index in [0.717, 1.165) is 15.8 Å². The van der Waals surface area contributed by atoms with Crippen LogP contribution in [0.5, 0.6) is 0 Å². The molecule has 1 aliphatic rings. The van der Waals surface area contributed by atoms with E-state index in [9.17, 15) is 18.0 Å². The highest BCUT2D eigenvalue weighted by molar-refractivity contribution is 6.36. The molecule has 1 aliphatic heterocycles. The molecule has 190 valence electrons. The lowest BCUT2D eigenvalue weighted by Crippen LogP contribution is -2.36. The Morgan fingerprint density at radius 1 is 0.919 bits per heavy atom. The maximum Gasteiger partial charge on any atom is 0.410 e. The number of carbonyl (C=O) groups is 1. The summed E-state index contributed by atoms with van der Waals surface area (Å²) >= 11 is 6.59. The van der Waals surface area contributed by atoms with Crippen LogP contribution in [0.3, 0.4) is 0 Å². The van der Waals surface area contributed by atoms with Gasteiger partial charge in [-0.25, -0.2) is 4.68 Å². The third kappa shape index (κ3) is 5.34. The molecule has 5 rings (SSSR count). The van der Waals surface area contributed by atoms with Crippen LogP contribution in [-0.4, -0.2) is 26.8 Å². The summed E-state index contributed by atoms with van der Waals surface area (Å²) in [6, 6.07) is 25.1. The summed E-state index contributed by atoms with van der Waals surface area (Å²) < 4.78 is 43.3. The van der Waals surface area contributed by atoms with Gasteiger partial charge in [-0.05, 0) is 16.7 Å². The van der Waals surface area contributed by atoms with Crippen molar-refractivity contribution in [3.05, 3.63) is 118 Å². The maximum atomic E-state index is 14.2. The molecule has 2 heterocycles. The second kappa shape index (κ2) is 10.3. The highest BCUT2D eigenvalue weighted by Gasteiger charge is 2.48. The standard InChI is InChI=1S/C28H24ClF3N4O/c29-24-25(27(37)35(17-19-10-4-1-5-11-19)18-20-12-6-2-7-13-20)34-36-23(28(30,31)32)16-22(33-26(24)36)21-14-8-3-9-15-21/h1-15,22-23,33H,16-18H2/t22-,23+/m0/s1. The molecule has 3 aromatic carbocycles. The van der Waals surface area contributed by atoms with E-state index in [4.69, 9.17) is 11.6 Å². The SMILES string of the molecule is O=C(c1nn2c(c1Cl)N[C@H](c1ccccc1)C[C@@H]2C(F)(F)F)N(Cc1ccccc1)Cc1ccccc1. The van der Waals surface area contributed by atoms with Crippen molar-refractivity contribution in [3.8, 4) is 0 Å². The number of anilines is 1. The monoisotopic (exact) mass is 524 g/mol. The summed E-state index contributed by atoms with van der Waals surface area (Å²) in [6.07, 6.45) is -4.85. The number of aromatic nitrogens is 2. The summed E-state index contributed by atoms with van der Waals surface area (Å²) in [5, 5.41) is 7.12. The van der Waals surface area contributed by atoms with Gasteiger partial charge in [-0.2, -0.15) is 18.3 Å². The Hall–Kier alpha value is -3.78. The van der Waals surface area contributed by atoms with Gasteiger partial charge in [-0.15, -0.1) is 0 Å². The lowest BCUT2D eigenvalue weighted by molar-refractivity contribution is -0.173. The van der Waals surface area contributed by atoms with Crippen LogP contribution in [-0.2, 0) is 13.1 Å². The fourth-order valence-corrected chi connectivity index (χ4v) is 4.85. The number of carbonyl (C=O) groups excluding carboxylic acids is 1. The molecule has 0 aliphatic carbocycles. The number of nitrogens with one attached hydrogen (secondary N) is 1. The van der Waals surface area contributed by atoms with E-state index in [1.54, 1.807) is 35.2 Å². The van der Waals surface area contributed by atoms with Gasteiger partial charge >= 0.3 is 6.18 Å². The molecule has 0 saturated carbocycles. The summed E-state index contributed by atoms with van der Waals surface area (Å²) in [5.41, 5.74) is 2.24. The van der Waals surface area contributed by atoms with Crippen LogP contribution in [0.15, 0.2) is 91.0 Å². The predicted molar refractivity (Wildman–Crippen MR) is 136 cm³/mol. The van der Waals surface area contributed by atoms with Gasteiger partial charge in [-0.1, -0.05) is 103 Å². The minimum absolute atomic E-state index is 0.00758. The molecule has 1 amide bonds. The van der Waals surface area contributed by atoms with Crippen molar-refractivity contribution in [1.29, 1.82) is 0 Å². The molecule has 9 heteroatoms. The fourth-order valence-electron chi connectivity index (χ4n) is 4.59. The summed E-state index contributed by atoms with van der Waals surface area (Å²) in [6.45, 7) is 0.492. The van der Waals surface area contributed by atoms with Gasteiger partial charge in [0.2, 0.25) is 0 Å². The van der Waals surface area contributed by atoms with Crippen molar-refractivity contribution in [2.45, 2.75) is 37.8 Å². The van der Waals surface area contributed by atoms with Gasteiger partial charge < -0.3 is 10.2 Å². The Labute approximate surface area is 217 Å². The number of hydrogen-bond donors (Lipinski definition) is 1. The molecule has 1 N–H and O–H groups in total. The topological polar surface area (TPSA) is 50.2 Å². The molecule has 5 nitrogen and oxygen atoms in total.